The number of hydrogen-bond donors (Lipinski definition) is 2. The van der Waals surface area contributed by atoms with E-state index in [0.29, 0.717) is 45.3 Å². The highest BCUT2D eigenvalue weighted by atomic mass is 35.5. The molecular formula is C33H33Cl2N7O5. The smallest absolute Gasteiger partial charge is 0.410 e. The number of aryl methyl sites for hydroxylation is 1. The molecule has 0 unspecified atom stereocenters. The van der Waals surface area contributed by atoms with E-state index in [1.165, 1.54) is 26.4 Å². The summed E-state index contributed by atoms with van der Waals surface area (Å²) in [6.45, 7) is 6.49. The quantitative estimate of drug-likeness (QED) is 0.216. The fourth-order valence-corrected chi connectivity index (χ4v) is 5.82. The van der Waals surface area contributed by atoms with Crippen molar-refractivity contribution < 1.29 is 19.1 Å². The van der Waals surface area contributed by atoms with Crippen LogP contribution >= 0.6 is 23.2 Å². The second-order valence-electron chi connectivity index (χ2n) is 10.7. The fourth-order valence-electron chi connectivity index (χ4n) is 5.23. The van der Waals surface area contributed by atoms with Crippen molar-refractivity contribution in [3.05, 3.63) is 98.8 Å². The molecule has 2 N–H and O–H groups in total. The molecule has 5 rings (SSSR count). The number of carbonyl (C=O) groups excluding carboxylic acids is 2. The monoisotopic (exact) mass is 677 g/mol. The van der Waals surface area contributed by atoms with Crippen molar-refractivity contribution in [2.24, 2.45) is 7.05 Å². The lowest BCUT2D eigenvalue weighted by Crippen LogP contribution is -2.41. The van der Waals surface area contributed by atoms with Gasteiger partial charge in [0.05, 0.1) is 47.9 Å². The lowest BCUT2D eigenvalue weighted by Gasteiger charge is -2.25. The Morgan fingerprint density at radius 1 is 1.13 bits per heavy atom. The van der Waals surface area contributed by atoms with Crippen molar-refractivity contribution >= 4 is 40.9 Å². The van der Waals surface area contributed by atoms with Crippen molar-refractivity contribution in [2.75, 3.05) is 25.6 Å². The minimum absolute atomic E-state index is 0.0494. The van der Waals surface area contributed by atoms with Crippen molar-refractivity contribution in [2.45, 2.75) is 32.4 Å². The molecule has 0 aliphatic carbocycles. The normalized spacial score (nSPS) is 14.0. The van der Waals surface area contributed by atoms with Crippen LogP contribution in [0.2, 0.25) is 10.0 Å². The zero-order valence-electron chi connectivity index (χ0n) is 26.0. The third-order valence-corrected chi connectivity index (χ3v) is 8.39. The molecule has 1 atom stereocenters. The van der Waals surface area contributed by atoms with Crippen LogP contribution in [0.3, 0.4) is 0 Å². The van der Waals surface area contributed by atoms with Gasteiger partial charge in [-0.1, -0.05) is 60.1 Å². The van der Waals surface area contributed by atoms with E-state index in [-0.39, 0.29) is 35.7 Å². The van der Waals surface area contributed by atoms with E-state index in [9.17, 15) is 14.4 Å². The van der Waals surface area contributed by atoms with Gasteiger partial charge in [0, 0.05) is 48.2 Å². The summed E-state index contributed by atoms with van der Waals surface area (Å²) in [5.41, 5.74) is 3.18. The van der Waals surface area contributed by atoms with Gasteiger partial charge in [0.25, 0.3) is 11.5 Å². The van der Waals surface area contributed by atoms with E-state index in [4.69, 9.17) is 32.7 Å². The molecule has 4 aromatic rings. The summed E-state index contributed by atoms with van der Waals surface area (Å²) in [4.78, 5) is 49.0. The maximum absolute atomic E-state index is 12.9. The van der Waals surface area contributed by atoms with Crippen LogP contribution in [-0.2, 0) is 18.3 Å². The molecule has 3 heterocycles. The van der Waals surface area contributed by atoms with Gasteiger partial charge in [0.2, 0.25) is 5.88 Å². The van der Waals surface area contributed by atoms with Gasteiger partial charge < -0.3 is 25.0 Å². The molecule has 1 fully saturated rings. The largest absolute Gasteiger partial charge is 0.480 e. The zero-order valence-corrected chi connectivity index (χ0v) is 27.6. The Labute approximate surface area is 281 Å². The molecule has 1 aliphatic rings. The van der Waals surface area contributed by atoms with Gasteiger partial charge in [-0.05, 0) is 31.9 Å². The molecule has 0 radical (unpaired) electrons. The van der Waals surface area contributed by atoms with Crippen LogP contribution in [-0.4, -0.2) is 63.0 Å². The molecule has 0 bridgehead atoms. The third kappa shape index (κ3) is 7.39. The van der Waals surface area contributed by atoms with Crippen LogP contribution in [0.25, 0.3) is 22.4 Å². The minimum atomic E-state index is -0.624. The van der Waals surface area contributed by atoms with Gasteiger partial charge in [0.15, 0.2) is 0 Å². The number of halogens is 2. The Balaban J connectivity index is 1.42. The molecule has 12 nitrogen and oxygen atoms in total. The second kappa shape index (κ2) is 14.7. The Bertz CT molecular complexity index is 1900. The summed E-state index contributed by atoms with van der Waals surface area (Å²) >= 11 is 13.7. The molecule has 2 amide bonds. The number of benzene rings is 2. The third-order valence-electron chi connectivity index (χ3n) is 7.58. The number of ether oxygens (including phenoxy) is 2. The Kier molecular flexibility index (Phi) is 10.4. The number of nitrogens with zero attached hydrogens (tertiary/aromatic N) is 5. The molecule has 1 saturated heterocycles. The second-order valence-corrected chi connectivity index (χ2v) is 11.5. The van der Waals surface area contributed by atoms with Crippen molar-refractivity contribution in [1.82, 2.24) is 30.0 Å². The average Bonchev–Trinajstić information content (AvgIpc) is 3.47. The molecule has 1 aliphatic heterocycles. The minimum Gasteiger partial charge on any atom is -0.480 e. The van der Waals surface area contributed by atoms with Crippen LogP contribution in [0.1, 0.15) is 35.8 Å². The summed E-state index contributed by atoms with van der Waals surface area (Å²) in [7, 11) is 2.94. The number of methoxy groups -OCH3 is 1. The van der Waals surface area contributed by atoms with E-state index in [1.807, 2.05) is 0 Å². The molecule has 244 valence electrons. The summed E-state index contributed by atoms with van der Waals surface area (Å²) in [5, 5.41) is 10.4. The number of allylic oxidation sites excluding steroid dienone is 1. The van der Waals surface area contributed by atoms with Crippen molar-refractivity contribution in [3.8, 4) is 28.3 Å². The van der Waals surface area contributed by atoms with E-state index in [2.05, 4.69) is 32.3 Å². The van der Waals surface area contributed by atoms with Gasteiger partial charge in [-0.2, -0.15) is 5.10 Å². The molecule has 2 aromatic carbocycles. The average molecular weight is 679 g/mol. The first-order chi connectivity index (χ1) is 22.6. The van der Waals surface area contributed by atoms with Crippen molar-refractivity contribution in [1.29, 1.82) is 0 Å². The fraction of sp³-hybridized carbons (Fsp3) is 0.273. The van der Waals surface area contributed by atoms with E-state index in [1.54, 1.807) is 54.4 Å². The number of aromatic nitrogens is 4. The molecule has 0 saturated carbocycles. The maximum atomic E-state index is 12.9. The first-order valence-corrected chi connectivity index (χ1v) is 15.5. The number of carbonyl (C=O) groups is 2. The predicted molar refractivity (Wildman–Crippen MR) is 180 cm³/mol. The van der Waals surface area contributed by atoms with Gasteiger partial charge in [-0.15, -0.1) is 0 Å². The number of amides is 2. The molecule has 2 aromatic heterocycles. The summed E-state index contributed by atoms with van der Waals surface area (Å²) in [6, 6.07) is 11.9. The number of hydrogen-bond acceptors (Lipinski definition) is 9. The van der Waals surface area contributed by atoms with Crippen LogP contribution < -0.4 is 20.9 Å². The summed E-state index contributed by atoms with van der Waals surface area (Å²) in [5.74, 6) is -0.395. The Hall–Kier alpha value is -4.94. The van der Waals surface area contributed by atoms with E-state index in [0.717, 1.165) is 23.2 Å². The lowest BCUT2D eigenvalue weighted by molar-refractivity contribution is 0.0999. The molecule has 47 heavy (non-hydrogen) atoms. The Morgan fingerprint density at radius 2 is 1.85 bits per heavy atom. The summed E-state index contributed by atoms with van der Waals surface area (Å²) in [6.07, 6.45) is 4.17. The van der Waals surface area contributed by atoms with Gasteiger partial charge >= 0.3 is 6.09 Å². The topological polar surface area (TPSA) is 141 Å². The van der Waals surface area contributed by atoms with Crippen molar-refractivity contribution in [3.63, 3.8) is 0 Å². The van der Waals surface area contributed by atoms with Gasteiger partial charge in [-0.25, -0.2) is 14.5 Å². The molecule has 0 spiro atoms. The van der Waals surface area contributed by atoms with E-state index < -0.39 is 17.6 Å². The van der Waals surface area contributed by atoms with Crippen LogP contribution in [0.15, 0.2) is 71.9 Å². The molecule has 14 heteroatoms. The van der Waals surface area contributed by atoms with E-state index >= 15 is 0 Å². The highest BCUT2D eigenvalue weighted by molar-refractivity contribution is 6.39. The van der Waals surface area contributed by atoms with Crippen LogP contribution in [0.5, 0.6) is 5.88 Å². The maximum Gasteiger partial charge on any atom is 0.410 e. The van der Waals surface area contributed by atoms with Gasteiger partial charge in [-0.3, -0.25) is 14.6 Å². The number of anilines is 1. The van der Waals surface area contributed by atoms with Crippen LogP contribution in [0.4, 0.5) is 10.5 Å². The SMILES string of the molecule is C=C1CC[C@@H](CN(Cc2ncc(-c3cccc(-c4cccc(NC(=O)c5ccnn(C)c5=O)c4Cl)c3Cl)nc2OC)C(=O)OCC)N1. The Morgan fingerprint density at radius 3 is 2.55 bits per heavy atom. The number of rotatable bonds is 10. The number of nitrogens with one attached hydrogen (secondary N) is 2. The first kappa shape index (κ1) is 33.4. The zero-order chi connectivity index (χ0) is 33.7. The standard InChI is InChI=1S/C33H33Cl2N7O5/c1-5-47-33(45)42(17-20-13-12-19(2)38-20)18-27-31(46-4)40-26(16-36-27)23-10-6-8-21(28(23)34)22-9-7-11-25(29(22)35)39-30(43)24-14-15-37-41(3)32(24)44/h6-11,14-16,20,38H,2,5,12-13,17-18H2,1,3-4H3,(H,39,43)/t20-/m0/s1. The summed E-state index contributed by atoms with van der Waals surface area (Å²) < 4.78 is 12.0. The first-order valence-electron chi connectivity index (χ1n) is 14.8. The molecular weight excluding hydrogens is 645 g/mol. The van der Waals surface area contributed by atoms with Gasteiger partial charge in [0.1, 0.15) is 11.3 Å². The van der Waals surface area contributed by atoms with Crippen LogP contribution in [0, 0.1) is 0 Å². The highest BCUT2D eigenvalue weighted by Crippen LogP contribution is 2.41. The highest BCUT2D eigenvalue weighted by Gasteiger charge is 2.26. The lowest BCUT2D eigenvalue weighted by atomic mass is 10.0. The predicted octanol–water partition coefficient (Wildman–Crippen LogP) is 5.70.